The van der Waals surface area contributed by atoms with E-state index in [0.29, 0.717) is 6.54 Å². The fourth-order valence-corrected chi connectivity index (χ4v) is 2.49. The van der Waals surface area contributed by atoms with Crippen molar-refractivity contribution in [2.24, 2.45) is 5.73 Å². The largest absolute Gasteiger partial charge is 0.392 e. The molecule has 0 saturated carbocycles. The van der Waals surface area contributed by atoms with E-state index in [0.717, 1.165) is 18.4 Å². The maximum atomic E-state index is 10.4. The van der Waals surface area contributed by atoms with Gasteiger partial charge in [0, 0.05) is 12.5 Å². The molecule has 0 spiro atoms. The van der Waals surface area contributed by atoms with Gasteiger partial charge in [0.15, 0.2) is 0 Å². The number of aliphatic hydroxyl groups excluding tert-OH is 1. The van der Waals surface area contributed by atoms with Crippen LogP contribution in [0.5, 0.6) is 0 Å². The van der Waals surface area contributed by atoms with E-state index in [1.807, 2.05) is 30.3 Å². The molecule has 2 nitrogen and oxygen atoms in total. The zero-order valence-electron chi connectivity index (χ0n) is 12.0. The Hall–Kier alpha value is -1.64. The lowest BCUT2D eigenvalue weighted by molar-refractivity contribution is 0.136. The highest BCUT2D eigenvalue weighted by Gasteiger charge is 2.19. The fraction of sp³-hybridized carbons (Fsp3) is 0.333. The van der Waals surface area contributed by atoms with Gasteiger partial charge in [-0.3, -0.25) is 0 Å². The van der Waals surface area contributed by atoms with Crippen LogP contribution < -0.4 is 5.73 Å². The molecule has 2 heteroatoms. The van der Waals surface area contributed by atoms with Crippen molar-refractivity contribution in [3.8, 4) is 0 Å². The van der Waals surface area contributed by atoms with E-state index in [4.69, 9.17) is 5.73 Å². The van der Waals surface area contributed by atoms with Crippen LogP contribution >= 0.6 is 0 Å². The van der Waals surface area contributed by atoms with E-state index < -0.39 is 6.10 Å². The van der Waals surface area contributed by atoms with Gasteiger partial charge in [0.05, 0.1) is 6.10 Å². The highest BCUT2D eigenvalue weighted by Crippen LogP contribution is 2.22. The molecule has 0 saturated heterocycles. The summed E-state index contributed by atoms with van der Waals surface area (Å²) in [6.07, 6.45) is 1.22. The summed E-state index contributed by atoms with van der Waals surface area (Å²) in [5.74, 6) is 0.0154. The van der Waals surface area contributed by atoms with Crippen molar-refractivity contribution in [1.29, 1.82) is 0 Å². The third kappa shape index (κ3) is 3.92. The zero-order valence-corrected chi connectivity index (χ0v) is 12.0. The van der Waals surface area contributed by atoms with Crippen molar-refractivity contribution in [2.45, 2.75) is 31.8 Å². The van der Waals surface area contributed by atoms with Crippen LogP contribution in [-0.4, -0.2) is 17.8 Å². The molecule has 0 bridgehead atoms. The number of hydrogen-bond donors (Lipinski definition) is 2. The Bertz CT molecular complexity index is 507. The smallest absolute Gasteiger partial charge is 0.0624 e. The van der Waals surface area contributed by atoms with Crippen LogP contribution in [0.25, 0.3) is 0 Å². The fourth-order valence-electron chi connectivity index (χ4n) is 2.49. The van der Waals surface area contributed by atoms with Crippen molar-refractivity contribution in [3.05, 3.63) is 71.3 Å². The molecule has 2 aromatic carbocycles. The average molecular weight is 269 g/mol. The summed E-state index contributed by atoms with van der Waals surface area (Å²) in [6.45, 7) is 2.55. The first-order valence-corrected chi connectivity index (χ1v) is 7.19. The van der Waals surface area contributed by atoms with E-state index in [1.54, 1.807) is 0 Å². The van der Waals surface area contributed by atoms with Gasteiger partial charge in [-0.1, -0.05) is 60.2 Å². The van der Waals surface area contributed by atoms with Gasteiger partial charge in [0.2, 0.25) is 0 Å². The second-order valence-corrected chi connectivity index (χ2v) is 5.34. The molecular formula is C18H23NO. The van der Waals surface area contributed by atoms with Gasteiger partial charge in [0.1, 0.15) is 0 Å². The first kappa shape index (κ1) is 14.8. The average Bonchev–Trinajstić information content (AvgIpc) is 2.48. The quantitative estimate of drug-likeness (QED) is 0.846. The first-order chi connectivity index (χ1) is 9.70. The summed E-state index contributed by atoms with van der Waals surface area (Å²) in [5, 5.41) is 10.4. The van der Waals surface area contributed by atoms with Crippen LogP contribution in [0.1, 0.15) is 29.0 Å². The molecule has 106 valence electrons. The van der Waals surface area contributed by atoms with E-state index in [2.05, 4.69) is 31.2 Å². The van der Waals surface area contributed by atoms with Crippen LogP contribution in [0.3, 0.4) is 0 Å². The molecule has 0 aliphatic carbocycles. The summed E-state index contributed by atoms with van der Waals surface area (Å²) in [7, 11) is 0. The molecule has 0 fully saturated rings. The lowest BCUT2D eigenvalue weighted by Gasteiger charge is -2.22. The number of rotatable bonds is 6. The zero-order chi connectivity index (χ0) is 14.4. The van der Waals surface area contributed by atoms with Crippen LogP contribution in [0, 0.1) is 6.92 Å². The topological polar surface area (TPSA) is 46.2 Å². The van der Waals surface area contributed by atoms with Crippen molar-refractivity contribution >= 4 is 0 Å². The lowest BCUT2D eigenvalue weighted by Crippen LogP contribution is -2.26. The molecule has 0 amide bonds. The standard InChI is InChI=1S/C18H23NO/c1-14-7-9-15(10-8-14)11-12-18(20)17(13-19)16-5-3-2-4-6-16/h2-10,17-18,20H,11-13,19H2,1H3. The summed E-state index contributed by atoms with van der Waals surface area (Å²) in [5.41, 5.74) is 9.48. The summed E-state index contributed by atoms with van der Waals surface area (Å²) >= 11 is 0. The van der Waals surface area contributed by atoms with E-state index in [9.17, 15) is 5.11 Å². The molecule has 0 heterocycles. The van der Waals surface area contributed by atoms with Gasteiger partial charge >= 0.3 is 0 Å². The Morgan fingerprint density at radius 2 is 1.65 bits per heavy atom. The Morgan fingerprint density at radius 1 is 1.00 bits per heavy atom. The maximum absolute atomic E-state index is 10.4. The predicted molar refractivity (Wildman–Crippen MR) is 83.7 cm³/mol. The summed E-state index contributed by atoms with van der Waals surface area (Å²) in [6, 6.07) is 18.5. The summed E-state index contributed by atoms with van der Waals surface area (Å²) in [4.78, 5) is 0. The van der Waals surface area contributed by atoms with Gasteiger partial charge in [0.25, 0.3) is 0 Å². The molecule has 2 atom stereocenters. The molecular weight excluding hydrogens is 246 g/mol. The first-order valence-electron chi connectivity index (χ1n) is 7.19. The van der Waals surface area contributed by atoms with E-state index >= 15 is 0 Å². The van der Waals surface area contributed by atoms with Gasteiger partial charge in [-0.25, -0.2) is 0 Å². The van der Waals surface area contributed by atoms with Crippen molar-refractivity contribution < 1.29 is 5.11 Å². The lowest BCUT2D eigenvalue weighted by atomic mass is 9.90. The van der Waals surface area contributed by atoms with Gasteiger partial charge in [-0.2, -0.15) is 0 Å². The molecule has 2 aromatic rings. The molecule has 0 aliphatic heterocycles. The highest BCUT2D eigenvalue weighted by atomic mass is 16.3. The molecule has 2 rings (SSSR count). The number of hydrogen-bond acceptors (Lipinski definition) is 2. The van der Waals surface area contributed by atoms with Crippen molar-refractivity contribution in [3.63, 3.8) is 0 Å². The number of aryl methyl sites for hydroxylation is 2. The van der Waals surface area contributed by atoms with Gasteiger partial charge < -0.3 is 10.8 Å². The minimum Gasteiger partial charge on any atom is -0.392 e. The predicted octanol–water partition coefficient (Wildman–Crippen LogP) is 3.03. The SMILES string of the molecule is Cc1ccc(CCC(O)C(CN)c2ccccc2)cc1. The normalized spacial score (nSPS) is 13.9. The number of benzene rings is 2. The van der Waals surface area contributed by atoms with Crippen LogP contribution in [-0.2, 0) is 6.42 Å². The minimum absolute atomic E-state index is 0.0154. The van der Waals surface area contributed by atoms with Crippen molar-refractivity contribution in [2.75, 3.05) is 6.54 Å². The minimum atomic E-state index is -0.399. The van der Waals surface area contributed by atoms with Crippen LogP contribution in [0.2, 0.25) is 0 Å². The third-order valence-corrected chi connectivity index (χ3v) is 3.80. The molecule has 0 radical (unpaired) electrons. The highest BCUT2D eigenvalue weighted by molar-refractivity contribution is 5.23. The Morgan fingerprint density at radius 3 is 2.25 bits per heavy atom. The van der Waals surface area contributed by atoms with Gasteiger partial charge in [-0.05, 0) is 30.9 Å². The molecule has 3 N–H and O–H groups in total. The Kier molecular flexibility index (Phi) is 5.33. The molecule has 20 heavy (non-hydrogen) atoms. The maximum Gasteiger partial charge on any atom is 0.0624 e. The van der Waals surface area contributed by atoms with E-state index in [1.165, 1.54) is 11.1 Å². The Balaban J connectivity index is 1.96. The number of aliphatic hydroxyl groups is 1. The van der Waals surface area contributed by atoms with Crippen LogP contribution in [0.4, 0.5) is 0 Å². The number of nitrogens with two attached hydrogens (primary N) is 1. The van der Waals surface area contributed by atoms with Crippen molar-refractivity contribution in [1.82, 2.24) is 0 Å². The second kappa shape index (κ2) is 7.22. The van der Waals surface area contributed by atoms with E-state index in [-0.39, 0.29) is 5.92 Å². The van der Waals surface area contributed by atoms with Crippen LogP contribution in [0.15, 0.2) is 54.6 Å². The second-order valence-electron chi connectivity index (χ2n) is 5.34. The van der Waals surface area contributed by atoms with Gasteiger partial charge in [-0.15, -0.1) is 0 Å². The molecule has 0 aromatic heterocycles. The monoisotopic (exact) mass is 269 g/mol. The summed E-state index contributed by atoms with van der Waals surface area (Å²) < 4.78 is 0. The third-order valence-electron chi connectivity index (χ3n) is 3.80. The molecule has 2 unspecified atom stereocenters. The molecule has 0 aliphatic rings. The Labute approximate surface area is 121 Å².